The lowest BCUT2D eigenvalue weighted by atomic mass is 9.93. The van der Waals surface area contributed by atoms with E-state index >= 15 is 0 Å². The second kappa shape index (κ2) is 11.8. The Labute approximate surface area is 253 Å². The molecule has 0 N–H and O–H groups in total. The third-order valence-electron chi connectivity index (χ3n) is 6.81. The molecule has 0 saturated carbocycles. The number of carbonyl (C=O) groups is 1. The highest BCUT2D eigenvalue weighted by atomic mass is 79.9. The number of benzene rings is 3. The van der Waals surface area contributed by atoms with Crippen molar-refractivity contribution in [3.63, 3.8) is 0 Å². The second-order valence-corrected chi connectivity index (χ2v) is 11.3. The third kappa shape index (κ3) is 5.29. The van der Waals surface area contributed by atoms with Crippen molar-refractivity contribution < 1.29 is 18.7 Å². The number of carbonyl (C=O) groups excluding carboxylic acids is 1. The maximum Gasteiger partial charge on any atom is 0.338 e. The Hall–Kier alpha value is -4.47. The topological polar surface area (TPSA) is 83.0 Å². The first-order chi connectivity index (χ1) is 20.5. The summed E-state index contributed by atoms with van der Waals surface area (Å²) in [7, 11) is 1.58. The maximum atomic E-state index is 14.1. The van der Waals surface area contributed by atoms with Crippen LogP contribution in [0.3, 0.4) is 0 Å². The lowest BCUT2D eigenvalue weighted by molar-refractivity contribution is -0.138. The van der Waals surface area contributed by atoms with Gasteiger partial charge in [-0.1, -0.05) is 81.9 Å². The smallest absolute Gasteiger partial charge is 0.338 e. The molecule has 1 atom stereocenters. The van der Waals surface area contributed by atoms with E-state index in [1.165, 1.54) is 11.3 Å². The summed E-state index contributed by atoms with van der Waals surface area (Å²) < 4.78 is 20.1. The van der Waals surface area contributed by atoms with Gasteiger partial charge in [-0.2, -0.15) is 0 Å². The van der Waals surface area contributed by atoms with Crippen molar-refractivity contribution in [3.8, 4) is 17.1 Å². The van der Waals surface area contributed by atoms with Crippen LogP contribution >= 0.6 is 27.3 Å². The van der Waals surface area contributed by atoms with Gasteiger partial charge in [0.15, 0.2) is 4.80 Å². The molecular formula is C33H25BrN2O5S. The van der Waals surface area contributed by atoms with Gasteiger partial charge in [-0.25, -0.2) is 9.79 Å². The SMILES string of the molecule is CCOC(=O)C1=C(c2ccccc2)N=c2s/c(=C\c3ccc(-c4ccc(Br)cc4)o3)c(=O)n2C1c1cccc(OC)c1. The van der Waals surface area contributed by atoms with E-state index < -0.39 is 12.0 Å². The van der Waals surface area contributed by atoms with Crippen molar-refractivity contribution in [1.29, 1.82) is 0 Å². The Kier molecular flexibility index (Phi) is 7.78. The molecule has 6 rings (SSSR count). The largest absolute Gasteiger partial charge is 0.497 e. The van der Waals surface area contributed by atoms with Gasteiger partial charge in [-0.15, -0.1) is 0 Å². The van der Waals surface area contributed by atoms with Crippen molar-refractivity contribution in [2.45, 2.75) is 13.0 Å². The Bertz CT molecular complexity index is 1990. The van der Waals surface area contributed by atoms with Gasteiger partial charge in [-0.3, -0.25) is 9.36 Å². The highest BCUT2D eigenvalue weighted by Crippen LogP contribution is 2.36. The maximum absolute atomic E-state index is 14.1. The molecule has 1 aliphatic rings. The number of nitrogens with zero attached hydrogens (tertiary/aromatic N) is 2. The van der Waals surface area contributed by atoms with Crippen LogP contribution in [-0.2, 0) is 9.53 Å². The van der Waals surface area contributed by atoms with Crippen molar-refractivity contribution in [1.82, 2.24) is 4.57 Å². The number of halogens is 1. The first-order valence-corrected chi connectivity index (χ1v) is 14.9. The summed E-state index contributed by atoms with van der Waals surface area (Å²) in [5.74, 6) is 1.29. The molecule has 0 spiro atoms. The van der Waals surface area contributed by atoms with E-state index in [1.807, 2.05) is 91.0 Å². The van der Waals surface area contributed by atoms with Gasteiger partial charge in [-0.05, 0) is 48.9 Å². The molecule has 1 unspecified atom stereocenters. The zero-order chi connectivity index (χ0) is 29.2. The Morgan fingerprint density at radius 1 is 1.02 bits per heavy atom. The lowest BCUT2D eigenvalue weighted by Crippen LogP contribution is -2.40. The zero-order valence-electron chi connectivity index (χ0n) is 22.7. The molecule has 0 fully saturated rings. The van der Waals surface area contributed by atoms with Gasteiger partial charge in [0.05, 0.1) is 35.6 Å². The van der Waals surface area contributed by atoms with Crippen LogP contribution in [0.1, 0.15) is 29.9 Å². The molecule has 5 aromatic rings. The fraction of sp³-hybridized carbons (Fsp3) is 0.121. The first-order valence-electron chi connectivity index (χ1n) is 13.2. The molecule has 3 aromatic carbocycles. The Morgan fingerprint density at radius 2 is 1.81 bits per heavy atom. The summed E-state index contributed by atoms with van der Waals surface area (Å²) in [5.41, 5.74) is 2.82. The van der Waals surface area contributed by atoms with Crippen LogP contribution < -0.4 is 19.6 Å². The molecule has 3 heterocycles. The normalized spacial score (nSPS) is 14.8. The second-order valence-electron chi connectivity index (χ2n) is 9.42. The molecule has 42 heavy (non-hydrogen) atoms. The standard InChI is InChI=1S/C33H25BrN2O5S/c1-3-40-32(38)28-29(21-8-5-4-6-9-21)35-33-36(30(28)22-10-7-11-24(18-22)39-2)31(37)27(42-33)19-25-16-17-26(41-25)20-12-14-23(34)15-13-20/h4-19,30H,3H2,1-2H3/b27-19-. The Morgan fingerprint density at radius 3 is 2.55 bits per heavy atom. The average molecular weight is 642 g/mol. The highest BCUT2D eigenvalue weighted by Gasteiger charge is 2.35. The van der Waals surface area contributed by atoms with Gasteiger partial charge in [0, 0.05) is 21.7 Å². The van der Waals surface area contributed by atoms with Crippen LogP contribution in [0.15, 0.2) is 115 Å². The van der Waals surface area contributed by atoms with E-state index in [0.717, 1.165) is 15.6 Å². The van der Waals surface area contributed by atoms with Gasteiger partial charge in [0.25, 0.3) is 5.56 Å². The van der Waals surface area contributed by atoms with Gasteiger partial charge < -0.3 is 13.9 Å². The molecule has 9 heteroatoms. The number of thiazole rings is 1. The summed E-state index contributed by atoms with van der Waals surface area (Å²) in [6.45, 7) is 1.93. The number of hydrogen-bond donors (Lipinski definition) is 0. The molecule has 0 aliphatic carbocycles. The van der Waals surface area contributed by atoms with E-state index in [-0.39, 0.29) is 17.7 Å². The molecule has 1 aliphatic heterocycles. The van der Waals surface area contributed by atoms with Crippen LogP contribution in [0.5, 0.6) is 5.75 Å². The number of rotatable bonds is 7. The number of ether oxygens (including phenoxy) is 2. The minimum Gasteiger partial charge on any atom is -0.497 e. The predicted octanol–water partition coefficient (Wildman–Crippen LogP) is 5.97. The van der Waals surface area contributed by atoms with E-state index in [9.17, 15) is 9.59 Å². The van der Waals surface area contributed by atoms with E-state index in [2.05, 4.69) is 15.9 Å². The molecule has 7 nitrogen and oxygen atoms in total. The minimum atomic E-state index is -0.789. The molecule has 0 radical (unpaired) electrons. The quantitative estimate of drug-likeness (QED) is 0.205. The summed E-state index contributed by atoms with van der Waals surface area (Å²) >= 11 is 4.70. The number of hydrogen-bond acceptors (Lipinski definition) is 7. The third-order valence-corrected chi connectivity index (χ3v) is 8.32. The number of methoxy groups -OCH3 is 1. The van der Waals surface area contributed by atoms with Gasteiger partial charge in [0.2, 0.25) is 0 Å². The van der Waals surface area contributed by atoms with Crippen molar-refractivity contribution in [2.24, 2.45) is 4.99 Å². The van der Waals surface area contributed by atoms with Crippen molar-refractivity contribution >= 4 is 45.0 Å². The van der Waals surface area contributed by atoms with Crippen LogP contribution in [0.25, 0.3) is 23.1 Å². The van der Waals surface area contributed by atoms with Crippen molar-refractivity contribution in [2.75, 3.05) is 13.7 Å². The molecule has 0 saturated heterocycles. The minimum absolute atomic E-state index is 0.179. The fourth-order valence-electron chi connectivity index (χ4n) is 4.90. The van der Waals surface area contributed by atoms with Gasteiger partial charge >= 0.3 is 5.97 Å². The summed E-state index contributed by atoms with van der Waals surface area (Å²) in [6, 6.07) is 27.5. The Balaban J connectivity index is 1.57. The summed E-state index contributed by atoms with van der Waals surface area (Å²) in [6.07, 6.45) is 1.71. The van der Waals surface area contributed by atoms with E-state index in [0.29, 0.717) is 37.9 Å². The molecule has 0 bridgehead atoms. The van der Waals surface area contributed by atoms with Gasteiger partial charge in [0.1, 0.15) is 17.3 Å². The van der Waals surface area contributed by atoms with Crippen LogP contribution in [0.4, 0.5) is 0 Å². The van der Waals surface area contributed by atoms with Crippen LogP contribution in [-0.4, -0.2) is 24.3 Å². The number of esters is 1. The summed E-state index contributed by atoms with van der Waals surface area (Å²) in [4.78, 5) is 33.0. The molecule has 0 amide bonds. The van der Waals surface area contributed by atoms with Crippen molar-refractivity contribution in [3.05, 3.63) is 138 Å². The first kappa shape index (κ1) is 27.7. The number of furan rings is 1. The average Bonchev–Trinajstić information content (AvgIpc) is 3.61. The highest BCUT2D eigenvalue weighted by molar-refractivity contribution is 9.10. The zero-order valence-corrected chi connectivity index (χ0v) is 25.1. The van der Waals surface area contributed by atoms with Crippen LogP contribution in [0, 0.1) is 0 Å². The fourth-order valence-corrected chi connectivity index (χ4v) is 6.14. The van der Waals surface area contributed by atoms with E-state index in [1.54, 1.807) is 24.7 Å². The van der Waals surface area contributed by atoms with Crippen LogP contribution in [0.2, 0.25) is 0 Å². The molecular weight excluding hydrogens is 616 g/mol. The molecule has 2 aromatic heterocycles. The predicted molar refractivity (Wildman–Crippen MR) is 166 cm³/mol. The number of fused-ring (bicyclic) bond motifs is 1. The lowest BCUT2D eigenvalue weighted by Gasteiger charge is -2.26. The monoisotopic (exact) mass is 640 g/mol. The number of aromatic nitrogens is 1. The van der Waals surface area contributed by atoms with E-state index in [4.69, 9.17) is 18.9 Å². The summed E-state index contributed by atoms with van der Waals surface area (Å²) in [5, 5.41) is 0. The molecule has 210 valence electrons.